The van der Waals surface area contributed by atoms with Crippen LogP contribution in [0, 0.1) is 5.82 Å². The topological polar surface area (TPSA) is 38.7 Å². The normalized spacial score (nSPS) is 14.9. The highest BCUT2D eigenvalue weighted by atomic mass is 19.1. The van der Waals surface area contributed by atoms with Crippen molar-refractivity contribution in [2.24, 2.45) is 4.99 Å². The number of hydrogen-bond acceptors (Lipinski definition) is 3. The number of benzene rings is 1. The van der Waals surface area contributed by atoms with Crippen molar-refractivity contribution in [2.45, 2.75) is 13.3 Å². The Hall–Kier alpha value is -1.97. The lowest BCUT2D eigenvalue weighted by Crippen LogP contribution is -2.03. The molecule has 1 aromatic rings. The summed E-state index contributed by atoms with van der Waals surface area (Å²) in [6.45, 7) is 1.85. The quantitative estimate of drug-likeness (QED) is 0.736. The van der Waals surface area contributed by atoms with Crippen LogP contribution in [0.25, 0.3) is 5.57 Å². The van der Waals surface area contributed by atoms with Crippen molar-refractivity contribution in [3.63, 3.8) is 0 Å². The molecular formula is C13H12FNO2. The van der Waals surface area contributed by atoms with Gasteiger partial charge in [0.15, 0.2) is 5.70 Å². The van der Waals surface area contributed by atoms with E-state index in [0.717, 1.165) is 16.8 Å². The Morgan fingerprint density at radius 1 is 1.35 bits per heavy atom. The van der Waals surface area contributed by atoms with E-state index in [9.17, 15) is 9.18 Å². The van der Waals surface area contributed by atoms with Gasteiger partial charge >= 0.3 is 5.97 Å². The van der Waals surface area contributed by atoms with Gasteiger partial charge in [0, 0.05) is 12.1 Å². The molecule has 0 radical (unpaired) electrons. The molecule has 3 nitrogen and oxygen atoms in total. The van der Waals surface area contributed by atoms with Crippen molar-refractivity contribution in [3.05, 3.63) is 41.3 Å². The van der Waals surface area contributed by atoms with E-state index in [1.807, 2.05) is 6.92 Å². The van der Waals surface area contributed by atoms with Crippen molar-refractivity contribution in [3.8, 4) is 0 Å². The van der Waals surface area contributed by atoms with Crippen LogP contribution in [-0.2, 0) is 9.53 Å². The molecule has 1 aliphatic rings. The van der Waals surface area contributed by atoms with Crippen LogP contribution in [0.4, 0.5) is 4.39 Å². The van der Waals surface area contributed by atoms with E-state index in [1.54, 1.807) is 12.1 Å². The predicted octanol–water partition coefficient (Wildman–Crippen LogP) is 2.57. The van der Waals surface area contributed by atoms with Crippen LogP contribution in [0.3, 0.4) is 0 Å². The van der Waals surface area contributed by atoms with E-state index in [2.05, 4.69) is 9.73 Å². The van der Waals surface area contributed by atoms with Crippen LogP contribution in [0.5, 0.6) is 0 Å². The fraction of sp³-hybridized carbons (Fsp3) is 0.231. The summed E-state index contributed by atoms with van der Waals surface area (Å²) in [5.74, 6) is -0.759. The zero-order chi connectivity index (χ0) is 12.4. The van der Waals surface area contributed by atoms with Crippen LogP contribution in [0.15, 0.2) is 35.0 Å². The van der Waals surface area contributed by atoms with Crippen LogP contribution < -0.4 is 0 Å². The lowest BCUT2D eigenvalue weighted by atomic mass is 10.0. The molecule has 1 aliphatic heterocycles. The highest BCUT2D eigenvalue weighted by molar-refractivity contribution is 6.09. The van der Waals surface area contributed by atoms with Crippen LogP contribution in [-0.4, -0.2) is 18.8 Å². The Kier molecular flexibility index (Phi) is 3.04. The van der Waals surface area contributed by atoms with Gasteiger partial charge in [0.1, 0.15) is 5.82 Å². The molecule has 1 heterocycles. The first-order valence-electron chi connectivity index (χ1n) is 5.23. The summed E-state index contributed by atoms with van der Waals surface area (Å²) in [6.07, 6.45) is 0.593. The van der Waals surface area contributed by atoms with Crippen molar-refractivity contribution >= 4 is 17.3 Å². The maximum absolute atomic E-state index is 12.8. The second-order valence-electron chi connectivity index (χ2n) is 3.85. The molecule has 88 valence electrons. The Morgan fingerprint density at radius 2 is 2.00 bits per heavy atom. The number of nitrogens with zero attached hydrogens (tertiary/aromatic N) is 1. The number of aliphatic imine (C=N–C) groups is 1. The van der Waals surface area contributed by atoms with E-state index in [1.165, 1.54) is 19.2 Å². The van der Waals surface area contributed by atoms with Crippen molar-refractivity contribution in [2.75, 3.05) is 7.11 Å². The molecule has 0 aliphatic carbocycles. The Morgan fingerprint density at radius 3 is 2.59 bits per heavy atom. The molecule has 0 spiro atoms. The largest absolute Gasteiger partial charge is 0.464 e. The number of carbonyl (C=O) groups excluding carboxylic acids is 1. The lowest BCUT2D eigenvalue weighted by Gasteiger charge is -2.04. The van der Waals surface area contributed by atoms with Crippen LogP contribution >= 0.6 is 0 Å². The minimum atomic E-state index is -0.457. The molecule has 0 bridgehead atoms. The number of halogens is 1. The van der Waals surface area contributed by atoms with Gasteiger partial charge in [-0.1, -0.05) is 12.1 Å². The third-order valence-electron chi connectivity index (χ3n) is 2.59. The molecule has 0 amide bonds. The van der Waals surface area contributed by atoms with Gasteiger partial charge in [0.25, 0.3) is 0 Å². The molecule has 17 heavy (non-hydrogen) atoms. The third kappa shape index (κ3) is 2.25. The maximum Gasteiger partial charge on any atom is 0.356 e. The molecule has 0 N–H and O–H groups in total. The Labute approximate surface area is 98.6 Å². The summed E-state index contributed by atoms with van der Waals surface area (Å²) in [6, 6.07) is 6.01. The number of allylic oxidation sites excluding steroid dienone is 1. The molecule has 0 saturated heterocycles. The first kappa shape index (κ1) is 11.5. The van der Waals surface area contributed by atoms with E-state index < -0.39 is 5.97 Å². The molecule has 2 rings (SSSR count). The summed E-state index contributed by atoms with van der Waals surface area (Å²) >= 11 is 0. The van der Waals surface area contributed by atoms with Gasteiger partial charge in [-0.3, -0.25) is 0 Å². The number of esters is 1. The molecule has 0 atom stereocenters. The van der Waals surface area contributed by atoms with Crippen molar-refractivity contribution in [1.82, 2.24) is 0 Å². The monoisotopic (exact) mass is 233 g/mol. The fourth-order valence-corrected chi connectivity index (χ4v) is 1.79. The second kappa shape index (κ2) is 4.49. The van der Waals surface area contributed by atoms with Gasteiger partial charge in [-0.25, -0.2) is 14.2 Å². The van der Waals surface area contributed by atoms with Crippen molar-refractivity contribution < 1.29 is 13.9 Å². The average molecular weight is 233 g/mol. The summed E-state index contributed by atoms with van der Waals surface area (Å²) in [5, 5.41) is 0. The fourth-order valence-electron chi connectivity index (χ4n) is 1.79. The second-order valence-corrected chi connectivity index (χ2v) is 3.85. The molecule has 0 fully saturated rings. The summed E-state index contributed by atoms with van der Waals surface area (Å²) in [5.41, 5.74) is 2.75. The molecule has 4 heteroatoms. The first-order chi connectivity index (χ1) is 8.11. The zero-order valence-electron chi connectivity index (χ0n) is 9.66. The van der Waals surface area contributed by atoms with Crippen LogP contribution in [0.2, 0.25) is 0 Å². The number of ether oxygens (including phenoxy) is 1. The minimum absolute atomic E-state index is 0.301. The van der Waals surface area contributed by atoms with E-state index in [0.29, 0.717) is 12.1 Å². The molecule has 0 saturated carbocycles. The van der Waals surface area contributed by atoms with Gasteiger partial charge in [0.2, 0.25) is 0 Å². The van der Waals surface area contributed by atoms with Crippen molar-refractivity contribution in [1.29, 1.82) is 0 Å². The molecule has 0 unspecified atom stereocenters. The Bertz CT molecular complexity index is 515. The summed E-state index contributed by atoms with van der Waals surface area (Å²) < 4.78 is 17.5. The first-order valence-corrected chi connectivity index (χ1v) is 5.23. The number of carbonyl (C=O) groups is 1. The lowest BCUT2D eigenvalue weighted by molar-refractivity contribution is -0.136. The summed E-state index contributed by atoms with van der Waals surface area (Å²) in [7, 11) is 1.32. The highest BCUT2D eigenvalue weighted by Gasteiger charge is 2.22. The molecule has 1 aromatic carbocycles. The summed E-state index contributed by atoms with van der Waals surface area (Å²) in [4.78, 5) is 15.7. The van der Waals surface area contributed by atoms with Gasteiger partial charge in [-0.05, 0) is 30.2 Å². The van der Waals surface area contributed by atoms with E-state index in [-0.39, 0.29) is 5.82 Å². The SMILES string of the molecule is COC(=O)C1=C(c2ccc(F)cc2)CC(C)=N1. The standard InChI is InChI=1S/C13H12FNO2/c1-8-7-11(12(15-8)13(16)17-2)9-3-5-10(14)6-4-9/h3-6H,7H2,1-2H3. The highest BCUT2D eigenvalue weighted by Crippen LogP contribution is 2.29. The molecular weight excluding hydrogens is 221 g/mol. The predicted molar refractivity (Wildman–Crippen MR) is 63.1 cm³/mol. The Balaban J connectivity index is 2.43. The van der Waals surface area contributed by atoms with Gasteiger partial charge in [0.05, 0.1) is 7.11 Å². The minimum Gasteiger partial charge on any atom is -0.464 e. The number of methoxy groups -OCH3 is 1. The maximum atomic E-state index is 12.8. The smallest absolute Gasteiger partial charge is 0.356 e. The third-order valence-corrected chi connectivity index (χ3v) is 2.59. The van der Waals surface area contributed by atoms with Gasteiger partial charge < -0.3 is 4.74 Å². The van der Waals surface area contributed by atoms with Gasteiger partial charge in [-0.2, -0.15) is 0 Å². The van der Waals surface area contributed by atoms with Crippen LogP contribution in [0.1, 0.15) is 18.9 Å². The van der Waals surface area contributed by atoms with E-state index >= 15 is 0 Å². The number of hydrogen-bond donors (Lipinski definition) is 0. The molecule has 0 aromatic heterocycles. The number of rotatable bonds is 2. The van der Waals surface area contributed by atoms with Gasteiger partial charge in [-0.15, -0.1) is 0 Å². The zero-order valence-corrected chi connectivity index (χ0v) is 9.66. The average Bonchev–Trinajstić information content (AvgIpc) is 2.71. The van der Waals surface area contributed by atoms with E-state index in [4.69, 9.17) is 0 Å².